The monoisotopic (exact) mass is 489 g/mol. The topological polar surface area (TPSA) is 99.8 Å². The number of aromatic nitrogens is 4. The minimum Gasteiger partial charge on any atom is -0.366 e. The van der Waals surface area contributed by atoms with Crippen LogP contribution in [0.15, 0.2) is 22.7 Å². The molecule has 0 fully saturated rings. The smallest absolute Gasteiger partial charge is 0.366 e. The second-order valence-electron chi connectivity index (χ2n) is 6.25. The minimum absolute atomic E-state index is 0.0430. The minimum atomic E-state index is -6.35. The standard InChI is InChI=1S/C16H8ClF8N5O2/c1-30-9(8(15(20,21)22)10(28-30)14(18,19)16(23,24)25)12-27-13(32-29-12)5-2-3-7(17)6(4-5)11(26)31/h2-4H,1H3,(H2,26,31). The molecular formula is C16H8ClF8N5O2. The number of nitrogens with zero attached hydrogens (tertiary/aromatic N) is 4. The van der Waals surface area contributed by atoms with Crippen LogP contribution in [0.1, 0.15) is 21.6 Å². The van der Waals surface area contributed by atoms with E-state index in [1.54, 1.807) is 0 Å². The highest BCUT2D eigenvalue weighted by atomic mass is 35.5. The number of carbonyl (C=O) groups is 1. The summed E-state index contributed by atoms with van der Waals surface area (Å²) in [4.78, 5) is 15.0. The van der Waals surface area contributed by atoms with Crippen LogP contribution in [0.2, 0.25) is 5.02 Å². The number of aryl methyl sites for hydroxylation is 1. The molecule has 2 aromatic heterocycles. The molecule has 7 nitrogen and oxygen atoms in total. The number of primary amides is 1. The largest absolute Gasteiger partial charge is 0.459 e. The van der Waals surface area contributed by atoms with E-state index in [4.69, 9.17) is 21.9 Å². The van der Waals surface area contributed by atoms with Crippen molar-refractivity contribution >= 4 is 17.5 Å². The number of alkyl halides is 8. The third-order valence-corrected chi connectivity index (χ3v) is 4.43. The SMILES string of the molecule is Cn1nc(C(F)(F)C(F)(F)F)c(C(F)(F)F)c1-c1noc(-c2ccc(Cl)c(C(N)=O)c2)n1. The van der Waals surface area contributed by atoms with E-state index in [1.807, 2.05) is 0 Å². The van der Waals surface area contributed by atoms with Gasteiger partial charge in [0.1, 0.15) is 11.3 Å². The molecule has 3 rings (SSSR count). The number of hydrogen-bond acceptors (Lipinski definition) is 5. The van der Waals surface area contributed by atoms with Gasteiger partial charge in [0.2, 0.25) is 11.7 Å². The Balaban J connectivity index is 2.20. The molecule has 1 aromatic carbocycles. The van der Waals surface area contributed by atoms with Gasteiger partial charge in [-0.3, -0.25) is 9.48 Å². The number of amides is 1. The average molecular weight is 490 g/mol. The second kappa shape index (κ2) is 7.43. The van der Waals surface area contributed by atoms with Crippen molar-refractivity contribution < 1.29 is 44.4 Å². The van der Waals surface area contributed by atoms with Crippen LogP contribution in [0.4, 0.5) is 35.1 Å². The van der Waals surface area contributed by atoms with Crippen molar-refractivity contribution in [1.29, 1.82) is 0 Å². The number of carbonyl (C=O) groups excluding carboxylic acids is 1. The maximum Gasteiger partial charge on any atom is 0.459 e. The van der Waals surface area contributed by atoms with Crippen molar-refractivity contribution in [3.05, 3.63) is 40.0 Å². The lowest BCUT2D eigenvalue weighted by molar-refractivity contribution is -0.292. The summed E-state index contributed by atoms with van der Waals surface area (Å²) >= 11 is 5.79. The zero-order valence-corrected chi connectivity index (χ0v) is 16.1. The first-order chi connectivity index (χ1) is 14.6. The summed E-state index contributed by atoms with van der Waals surface area (Å²) in [7, 11) is 0.698. The van der Waals surface area contributed by atoms with Crippen LogP contribution in [0.5, 0.6) is 0 Å². The summed E-state index contributed by atoms with van der Waals surface area (Å²) in [5, 5.41) is 5.92. The highest BCUT2D eigenvalue weighted by Crippen LogP contribution is 2.50. The fraction of sp³-hybridized carbons (Fsp3) is 0.250. The van der Waals surface area contributed by atoms with E-state index >= 15 is 0 Å². The Morgan fingerprint density at radius 1 is 1.12 bits per heavy atom. The molecule has 0 spiro atoms. The number of halogens is 9. The molecule has 0 aliphatic heterocycles. The van der Waals surface area contributed by atoms with Crippen LogP contribution in [-0.4, -0.2) is 32.0 Å². The first-order valence-electron chi connectivity index (χ1n) is 8.08. The number of rotatable bonds is 4. The van der Waals surface area contributed by atoms with Crippen LogP contribution in [0.3, 0.4) is 0 Å². The molecule has 32 heavy (non-hydrogen) atoms. The maximum absolute atomic E-state index is 13.8. The summed E-state index contributed by atoms with van der Waals surface area (Å²) in [5.74, 6) is -8.37. The Morgan fingerprint density at radius 2 is 1.75 bits per heavy atom. The van der Waals surface area contributed by atoms with E-state index in [2.05, 4.69) is 15.2 Å². The van der Waals surface area contributed by atoms with Gasteiger partial charge >= 0.3 is 18.3 Å². The predicted octanol–water partition coefficient (Wildman–Crippen LogP) is 4.56. The highest BCUT2D eigenvalue weighted by molar-refractivity contribution is 6.33. The normalized spacial score (nSPS) is 12.9. The molecule has 0 unspecified atom stereocenters. The molecule has 0 saturated carbocycles. The van der Waals surface area contributed by atoms with Gasteiger partial charge in [0.15, 0.2) is 5.69 Å². The molecule has 1 amide bonds. The molecule has 172 valence electrons. The van der Waals surface area contributed by atoms with Crippen molar-refractivity contribution in [3.63, 3.8) is 0 Å². The molecule has 2 N–H and O–H groups in total. The quantitative estimate of drug-likeness (QED) is 0.542. The van der Waals surface area contributed by atoms with Crippen molar-refractivity contribution in [2.45, 2.75) is 18.3 Å². The molecular weight excluding hydrogens is 482 g/mol. The van der Waals surface area contributed by atoms with E-state index in [1.165, 1.54) is 12.1 Å². The summed E-state index contributed by atoms with van der Waals surface area (Å²) < 4.78 is 111. The Labute approximate surface area is 176 Å². The third kappa shape index (κ3) is 3.87. The molecule has 0 atom stereocenters. The summed E-state index contributed by atoms with van der Waals surface area (Å²) in [6.07, 6.45) is -12.0. The van der Waals surface area contributed by atoms with Gasteiger partial charge in [-0.15, -0.1) is 0 Å². The van der Waals surface area contributed by atoms with Gasteiger partial charge in [-0.2, -0.15) is 45.2 Å². The van der Waals surface area contributed by atoms with Crippen molar-refractivity contribution in [1.82, 2.24) is 19.9 Å². The Bertz CT molecular complexity index is 1200. The Kier molecular flexibility index (Phi) is 5.44. The van der Waals surface area contributed by atoms with Crippen LogP contribution in [0.25, 0.3) is 23.0 Å². The van der Waals surface area contributed by atoms with E-state index < -0.39 is 52.8 Å². The van der Waals surface area contributed by atoms with Crippen LogP contribution >= 0.6 is 11.6 Å². The van der Waals surface area contributed by atoms with Gasteiger partial charge in [0, 0.05) is 12.6 Å². The van der Waals surface area contributed by atoms with Crippen LogP contribution in [0, 0.1) is 0 Å². The lowest BCUT2D eigenvalue weighted by atomic mass is 10.1. The summed E-state index contributed by atoms with van der Waals surface area (Å²) in [6, 6.07) is 3.48. The van der Waals surface area contributed by atoms with Crippen molar-refractivity contribution in [2.75, 3.05) is 0 Å². The third-order valence-electron chi connectivity index (χ3n) is 4.10. The molecule has 0 aliphatic carbocycles. The number of hydrogen-bond donors (Lipinski definition) is 1. The molecule has 0 bridgehead atoms. The van der Waals surface area contributed by atoms with E-state index in [-0.39, 0.29) is 20.8 Å². The number of benzene rings is 1. The first-order valence-corrected chi connectivity index (χ1v) is 8.46. The van der Waals surface area contributed by atoms with Gasteiger partial charge in [0.05, 0.1) is 10.6 Å². The first kappa shape index (κ1) is 23.4. The van der Waals surface area contributed by atoms with Gasteiger partial charge in [-0.05, 0) is 18.2 Å². The molecule has 2 heterocycles. The second-order valence-corrected chi connectivity index (χ2v) is 6.65. The van der Waals surface area contributed by atoms with Crippen LogP contribution < -0.4 is 5.73 Å². The van der Waals surface area contributed by atoms with Crippen molar-refractivity contribution in [2.24, 2.45) is 12.8 Å². The van der Waals surface area contributed by atoms with E-state index in [0.29, 0.717) is 7.05 Å². The average Bonchev–Trinajstić information content (AvgIpc) is 3.25. The predicted molar refractivity (Wildman–Crippen MR) is 90.4 cm³/mol. The van der Waals surface area contributed by atoms with E-state index in [9.17, 15) is 39.9 Å². The number of nitrogens with two attached hydrogens (primary N) is 1. The summed E-state index contributed by atoms with van der Waals surface area (Å²) in [5.41, 5.74) is -1.36. The maximum atomic E-state index is 13.8. The molecule has 16 heteroatoms. The lowest BCUT2D eigenvalue weighted by Gasteiger charge is -2.19. The van der Waals surface area contributed by atoms with E-state index in [0.717, 1.165) is 6.07 Å². The van der Waals surface area contributed by atoms with Gasteiger partial charge in [0.25, 0.3) is 5.89 Å². The lowest BCUT2D eigenvalue weighted by Crippen LogP contribution is -2.36. The Hall–Kier alpha value is -3.23. The fourth-order valence-electron chi connectivity index (χ4n) is 2.69. The molecule has 0 aliphatic rings. The van der Waals surface area contributed by atoms with Gasteiger partial charge in [-0.25, -0.2) is 0 Å². The zero-order valence-electron chi connectivity index (χ0n) is 15.3. The van der Waals surface area contributed by atoms with Crippen molar-refractivity contribution in [3.8, 4) is 23.0 Å². The molecule has 0 saturated heterocycles. The van der Waals surface area contributed by atoms with Gasteiger partial charge in [-0.1, -0.05) is 16.8 Å². The fourth-order valence-corrected chi connectivity index (χ4v) is 2.90. The zero-order chi connectivity index (χ0) is 24.2. The Morgan fingerprint density at radius 3 is 2.28 bits per heavy atom. The molecule has 3 aromatic rings. The van der Waals surface area contributed by atoms with Gasteiger partial charge < -0.3 is 10.3 Å². The highest BCUT2D eigenvalue weighted by Gasteiger charge is 2.64. The summed E-state index contributed by atoms with van der Waals surface area (Å²) in [6.45, 7) is 0. The van der Waals surface area contributed by atoms with Crippen LogP contribution in [-0.2, 0) is 19.1 Å². The molecule has 0 radical (unpaired) electrons.